The molecule has 10 heteroatoms. The van der Waals surface area contributed by atoms with Crippen molar-refractivity contribution >= 4 is 17.3 Å². The summed E-state index contributed by atoms with van der Waals surface area (Å²) in [7, 11) is 0. The van der Waals surface area contributed by atoms with Gasteiger partial charge in [-0.1, -0.05) is 0 Å². The highest BCUT2D eigenvalue weighted by Crippen LogP contribution is 2.39. The van der Waals surface area contributed by atoms with Crippen molar-refractivity contribution in [2.24, 2.45) is 0 Å². The van der Waals surface area contributed by atoms with Gasteiger partial charge in [-0.05, 0) is 51.7 Å². The molecule has 0 atom stereocenters. The molecule has 1 saturated carbocycles. The van der Waals surface area contributed by atoms with E-state index in [0.29, 0.717) is 30.1 Å². The summed E-state index contributed by atoms with van der Waals surface area (Å²) in [6.07, 6.45) is 7.59. The predicted molar refractivity (Wildman–Crippen MR) is 124 cm³/mol. The zero-order valence-electron chi connectivity index (χ0n) is 19.2. The first kappa shape index (κ1) is 22.5. The van der Waals surface area contributed by atoms with Crippen LogP contribution in [-0.2, 0) is 0 Å². The summed E-state index contributed by atoms with van der Waals surface area (Å²) >= 11 is 0. The molecular formula is C24H28F2N6O2. The number of halogens is 2. The second-order valence-electron chi connectivity index (χ2n) is 9.13. The van der Waals surface area contributed by atoms with Crippen LogP contribution in [0, 0.1) is 11.6 Å². The van der Waals surface area contributed by atoms with Crippen LogP contribution in [0.25, 0.3) is 11.3 Å². The van der Waals surface area contributed by atoms with Gasteiger partial charge in [-0.3, -0.25) is 4.68 Å². The van der Waals surface area contributed by atoms with Crippen LogP contribution in [0.3, 0.4) is 0 Å². The minimum atomic E-state index is -0.644. The molecule has 2 aromatic heterocycles. The lowest BCUT2D eigenvalue weighted by Gasteiger charge is -2.34. The monoisotopic (exact) mass is 470 g/mol. The number of ether oxygens (including phenoxy) is 1. The van der Waals surface area contributed by atoms with E-state index in [9.17, 15) is 13.9 Å². The number of benzene rings is 1. The van der Waals surface area contributed by atoms with Gasteiger partial charge in [0, 0.05) is 17.8 Å². The molecule has 5 rings (SSSR count). The molecule has 34 heavy (non-hydrogen) atoms. The number of anilines is 3. The first-order valence-corrected chi connectivity index (χ1v) is 11.6. The lowest BCUT2D eigenvalue weighted by atomic mass is 9.93. The molecule has 0 saturated heterocycles. The SMILES string of the molecule is CC(C)N1CCOc2c(F)cc(-c3nc(Nc4cnn(C5CCC(O)CC5)c4)ncc3F)cc21. The fraction of sp³-hybridized carbons (Fsp3) is 0.458. The molecule has 0 unspecified atom stereocenters. The summed E-state index contributed by atoms with van der Waals surface area (Å²) < 4.78 is 37.0. The Labute approximate surface area is 196 Å². The van der Waals surface area contributed by atoms with Crippen molar-refractivity contribution < 1.29 is 18.6 Å². The molecule has 8 nitrogen and oxygen atoms in total. The van der Waals surface area contributed by atoms with Gasteiger partial charge < -0.3 is 20.1 Å². The molecule has 1 aliphatic carbocycles. The Kier molecular flexibility index (Phi) is 6.07. The van der Waals surface area contributed by atoms with Crippen molar-refractivity contribution in [2.45, 2.75) is 57.7 Å². The fourth-order valence-electron chi connectivity index (χ4n) is 4.66. The zero-order valence-corrected chi connectivity index (χ0v) is 19.2. The van der Waals surface area contributed by atoms with Crippen molar-refractivity contribution in [1.29, 1.82) is 0 Å². The summed E-state index contributed by atoms with van der Waals surface area (Å²) in [5, 5.41) is 17.2. The van der Waals surface area contributed by atoms with Crippen LogP contribution in [-0.4, -0.2) is 50.2 Å². The third kappa shape index (κ3) is 4.42. The maximum absolute atomic E-state index is 14.9. The zero-order chi connectivity index (χ0) is 23.8. The number of nitrogens with one attached hydrogen (secondary N) is 1. The molecule has 2 aliphatic rings. The van der Waals surface area contributed by atoms with Crippen LogP contribution in [0.15, 0.2) is 30.7 Å². The second-order valence-corrected chi connectivity index (χ2v) is 9.13. The predicted octanol–water partition coefficient (Wildman–Crippen LogP) is 4.45. The van der Waals surface area contributed by atoms with Gasteiger partial charge in [0.25, 0.3) is 0 Å². The van der Waals surface area contributed by atoms with E-state index < -0.39 is 11.6 Å². The minimum absolute atomic E-state index is 0.00198. The number of rotatable bonds is 5. The van der Waals surface area contributed by atoms with Crippen LogP contribution >= 0.6 is 0 Å². The molecule has 2 N–H and O–H groups in total. The summed E-state index contributed by atoms with van der Waals surface area (Å²) in [5.74, 6) is -0.831. The molecule has 1 aliphatic heterocycles. The first-order valence-electron chi connectivity index (χ1n) is 11.6. The number of nitrogens with zero attached hydrogens (tertiary/aromatic N) is 5. The van der Waals surface area contributed by atoms with E-state index in [-0.39, 0.29) is 35.6 Å². The number of hydrogen-bond donors (Lipinski definition) is 2. The van der Waals surface area contributed by atoms with Crippen molar-refractivity contribution in [2.75, 3.05) is 23.4 Å². The van der Waals surface area contributed by atoms with E-state index in [1.54, 1.807) is 12.3 Å². The Morgan fingerprint density at radius 1 is 1.12 bits per heavy atom. The maximum atomic E-state index is 14.9. The van der Waals surface area contributed by atoms with Gasteiger partial charge in [0.05, 0.1) is 42.5 Å². The van der Waals surface area contributed by atoms with E-state index in [4.69, 9.17) is 4.74 Å². The van der Waals surface area contributed by atoms with Gasteiger partial charge in [-0.2, -0.15) is 5.10 Å². The molecule has 1 fully saturated rings. The molecule has 0 radical (unpaired) electrons. The van der Waals surface area contributed by atoms with Crippen LogP contribution in [0.5, 0.6) is 5.75 Å². The quantitative estimate of drug-likeness (QED) is 0.570. The van der Waals surface area contributed by atoms with Gasteiger partial charge in [0.1, 0.15) is 12.3 Å². The van der Waals surface area contributed by atoms with Crippen LogP contribution in [0.1, 0.15) is 45.6 Å². The van der Waals surface area contributed by atoms with Crippen molar-refractivity contribution in [3.05, 3.63) is 42.4 Å². The van der Waals surface area contributed by atoms with E-state index in [2.05, 4.69) is 20.4 Å². The highest BCUT2D eigenvalue weighted by molar-refractivity contribution is 5.73. The average Bonchev–Trinajstić information content (AvgIpc) is 3.28. The van der Waals surface area contributed by atoms with Gasteiger partial charge in [-0.15, -0.1) is 0 Å². The maximum Gasteiger partial charge on any atom is 0.228 e. The van der Waals surface area contributed by atoms with E-state index >= 15 is 0 Å². The molecule has 0 bridgehead atoms. The van der Waals surface area contributed by atoms with Gasteiger partial charge in [0.15, 0.2) is 17.4 Å². The van der Waals surface area contributed by atoms with Crippen LogP contribution in [0.2, 0.25) is 0 Å². The normalized spacial score (nSPS) is 20.2. The topological polar surface area (TPSA) is 88.3 Å². The second kappa shape index (κ2) is 9.17. The number of fused-ring (bicyclic) bond motifs is 1. The Morgan fingerprint density at radius 2 is 1.91 bits per heavy atom. The van der Waals surface area contributed by atoms with Crippen molar-refractivity contribution in [3.63, 3.8) is 0 Å². The first-order chi connectivity index (χ1) is 16.4. The van der Waals surface area contributed by atoms with Gasteiger partial charge >= 0.3 is 0 Å². The smallest absolute Gasteiger partial charge is 0.228 e. The standard InChI is InChI=1S/C24H28F2N6O2/c1-14(2)31-7-8-34-23-19(25)9-15(10-21(23)31)22-20(26)12-27-24(30-22)29-16-11-28-32(13-16)17-3-5-18(33)6-4-17/h9-14,17-18,33H,3-8H2,1-2H3,(H,27,29,30). The number of aliphatic hydroxyl groups excluding tert-OH is 1. The molecule has 0 spiro atoms. The third-order valence-corrected chi connectivity index (χ3v) is 6.45. The molecule has 3 heterocycles. The lowest BCUT2D eigenvalue weighted by Crippen LogP contribution is -2.38. The van der Waals surface area contributed by atoms with E-state index in [0.717, 1.165) is 31.9 Å². The Bertz CT molecular complexity index is 1180. The molecule has 1 aromatic carbocycles. The third-order valence-electron chi connectivity index (χ3n) is 6.45. The minimum Gasteiger partial charge on any atom is -0.486 e. The molecule has 3 aromatic rings. The van der Waals surface area contributed by atoms with Crippen molar-refractivity contribution in [3.8, 4) is 17.0 Å². The number of aromatic nitrogens is 4. The number of aliphatic hydroxyl groups is 1. The Hall–Kier alpha value is -3.27. The van der Waals surface area contributed by atoms with E-state index in [1.807, 2.05) is 29.6 Å². The highest BCUT2D eigenvalue weighted by atomic mass is 19.1. The summed E-state index contributed by atoms with van der Waals surface area (Å²) in [6.45, 7) is 5.05. The van der Waals surface area contributed by atoms with Crippen LogP contribution < -0.4 is 15.0 Å². The van der Waals surface area contributed by atoms with Crippen molar-refractivity contribution in [1.82, 2.24) is 19.7 Å². The molecular weight excluding hydrogens is 442 g/mol. The molecule has 0 amide bonds. The highest BCUT2D eigenvalue weighted by Gasteiger charge is 2.26. The Balaban J connectivity index is 1.41. The average molecular weight is 471 g/mol. The van der Waals surface area contributed by atoms with E-state index in [1.165, 1.54) is 6.07 Å². The van der Waals surface area contributed by atoms with Gasteiger partial charge in [-0.25, -0.2) is 18.7 Å². The largest absolute Gasteiger partial charge is 0.486 e. The summed E-state index contributed by atoms with van der Waals surface area (Å²) in [5.41, 5.74) is 1.57. The Morgan fingerprint density at radius 3 is 2.68 bits per heavy atom. The van der Waals surface area contributed by atoms with Gasteiger partial charge in [0.2, 0.25) is 5.95 Å². The fourth-order valence-corrected chi connectivity index (χ4v) is 4.66. The number of hydrogen-bond acceptors (Lipinski definition) is 7. The lowest BCUT2D eigenvalue weighted by molar-refractivity contribution is 0.108. The molecule has 180 valence electrons. The summed E-state index contributed by atoms with van der Waals surface area (Å²) in [4.78, 5) is 10.4. The van der Waals surface area contributed by atoms with Crippen LogP contribution in [0.4, 0.5) is 26.1 Å². The summed E-state index contributed by atoms with van der Waals surface area (Å²) in [6, 6.07) is 3.32.